The highest BCUT2D eigenvalue weighted by molar-refractivity contribution is 5.89. The van der Waals surface area contributed by atoms with Gasteiger partial charge in [-0.2, -0.15) is 0 Å². The Labute approximate surface area is 166 Å². The molecule has 29 heavy (non-hydrogen) atoms. The van der Waals surface area contributed by atoms with E-state index in [1.807, 2.05) is 26.8 Å². The number of benzene rings is 2. The van der Waals surface area contributed by atoms with Crippen molar-refractivity contribution >= 4 is 16.9 Å². The first-order valence-electron chi connectivity index (χ1n) is 8.99. The van der Waals surface area contributed by atoms with E-state index in [0.717, 1.165) is 16.7 Å². The van der Waals surface area contributed by atoms with Crippen LogP contribution in [0.2, 0.25) is 0 Å². The number of carbonyl (C=O) groups excluding carboxylic acids is 1. The minimum atomic E-state index is -0.637. The van der Waals surface area contributed by atoms with E-state index >= 15 is 0 Å². The fourth-order valence-corrected chi connectivity index (χ4v) is 3.00. The molecule has 0 aliphatic rings. The van der Waals surface area contributed by atoms with E-state index in [1.54, 1.807) is 6.07 Å². The van der Waals surface area contributed by atoms with E-state index in [1.165, 1.54) is 36.8 Å². The molecule has 0 atom stereocenters. The van der Waals surface area contributed by atoms with Crippen molar-refractivity contribution in [2.24, 2.45) is 0 Å². The lowest BCUT2D eigenvalue weighted by atomic mass is 10.1. The highest BCUT2D eigenvalue weighted by Crippen LogP contribution is 2.29. The van der Waals surface area contributed by atoms with Crippen LogP contribution in [-0.4, -0.2) is 5.97 Å². The lowest BCUT2D eigenvalue weighted by molar-refractivity contribution is 0.0701. The van der Waals surface area contributed by atoms with Crippen molar-refractivity contribution < 1.29 is 23.1 Å². The van der Waals surface area contributed by atoms with Gasteiger partial charge in [0.15, 0.2) is 0 Å². The van der Waals surface area contributed by atoms with Gasteiger partial charge in [-0.25, -0.2) is 4.79 Å². The van der Waals surface area contributed by atoms with E-state index in [4.69, 9.17) is 18.3 Å². The fraction of sp³-hybridized carbons (Fsp3) is 0.130. The zero-order valence-electron chi connectivity index (χ0n) is 16.1. The first kappa shape index (κ1) is 18.6. The van der Waals surface area contributed by atoms with Gasteiger partial charge in [-0.15, -0.1) is 0 Å². The van der Waals surface area contributed by atoms with Gasteiger partial charge in [0.2, 0.25) is 16.9 Å². The molecule has 0 spiro atoms. The first-order valence-corrected chi connectivity index (χ1v) is 8.99. The van der Waals surface area contributed by atoms with Gasteiger partial charge in [0.1, 0.15) is 23.3 Å². The maximum absolute atomic E-state index is 12.8. The van der Waals surface area contributed by atoms with Crippen LogP contribution in [-0.2, 0) is 0 Å². The highest BCUT2D eigenvalue weighted by atomic mass is 16.5. The maximum atomic E-state index is 12.8. The number of esters is 1. The molecule has 4 aromatic rings. The first-order chi connectivity index (χ1) is 13.9. The van der Waals surface area contributed by atoms with E-state index in [9.17, 15) is 9.59 Å². The molecule has 0 aliphatic carbocycles. The standard InChI is InChI=1S/C23H18O6/c1-13-9-14(2)15(3)19(10-13)29-21-12-27-20-11-16(6-7-17(20)22(21)24)28-23(25)18-5-4-8-26-18/h4-12H,1-3H3. The van der Waals surface area contributed by atoms with E-state index < -0.39 is 5.97 Å². The molecule has 0 N–H and O–H groups in total. The predicted molar refractivity (Wildman–Crippen MR) is 107 cm³/mol. The van der Waals surface area contributed by atoms with Crippen molar-refractivity contribution in [2.45, 2.75) is 20.8 Å². The summed E-state index contributed by atoms with van der Waals surface area (Å²) >= 11 is 0. The van der Waals surface area contributed by atoms with Gasteiger partial charge in [0.25, 0.3) is 0 Å². The molecule has 0 amide bonds. The maximum Gasteiger partial charge on any atom is 0.379 e. The fourth-order valence-electron chi connectivity index (χ4n) is 3.00. The van der Waals surface area contributed by atoms with Crippen LogP contribution >= 0.6 is 0 Å². The number of rotatable bonds is 4. The van der Waals surface area contributed by atoms with E-state index in [0.29, 0.717) is 11.1 Å². The average molecular weight is 390 g/mol. The van der Waals surface area contributed by atoms with Gasteiger partial charge in [0.05, 0.1) is 11.6 Å². The smallest absolute Gasteiger partial charge is 0.379 e. The number of hydrogen-bond donors (Lipinski definition) is 0. The van der Waals surface area contributed by atoms with Crippen LogP contribution in [0.3, 0.4) is 0 Å². The summed E-state index contributed by atoms with van der Waals surface area (Å²) in [6.07, 6.45) is 2.65. The van der Waals surface area contributed by atoms with Crippen molar-refractivity contribution in [3.63, 3.8) is 0 Å². The topological polar surface area (TPSA) is 78.9 Å². The molecule has 0 radical (unpaired) electrons. The molecule has 6 nitrogen and oxygen atoms in total. The minimum absolute atomic E-state index is 0.0825. The predicted octanol–water partition coefficient (Wildman–Crippen LogP) is 5.32. The Kier molecular flexibility index (Phi) is 4.68. The number of furan rings is 1. The van der Waals surface area contributed by atoms with Gasteiger partial charge < -0.3 is 18.3 Å². The Balaban J connectivity index is 1.65. The third-order valence-corrected chi connectivity index (χ3v) is 4.63. The molecular weight excluding hydrogens is 372 g/mol. The quantitative estimate of drug-likeness (QED) is 0.346. The largest absolute Gasteiger partial charge is 0.460 e. The summed E-state index contributed by atoms with van der Waals surface area (Å²) in [7, 11) is 0. The SMILES string of the molecule is Cc1cc(C)c(C)c(Oc2coc3cc(OC(=O)c4ccco4)ccc3c2=O)c1. The summed E-state index contributed by atoms with van der Waals surface area (Å²) < 4.78 is 21.7. The third-order valence-electron chi connectivity index (χ3n) is 4.63. The molecule has 146 valence electrons. The Hall–Kier alpha value is -3.80. The molecule has 0 unspecified atom stereocenters. The van der Waals surface area contributed by atoms with Crippen molar-refractivity contribution in [2.75, 3.05) is 0 Å². The number of carbonyl (C=O) groups is 1. The summed E-state index contributed by atoms with van der Waals surface area (Å²) in [6.45, 7) is 5.89. The van der Waals surface area contributed by atoms with Crippen LogP contribution in [0.1, 0.15) is 27.2 Å². The van der Waals surface area contributed by atoms with Crippen LogP contribution < -0.4 is 14.9 Å². The van der Waals surface area contributed by atoms with E-state index in [-0.39, 0.29) is 28.3 Å². The zero-order valence-corrected chi connectivity index (χ0v) is 16.1. The molecule has 2 heterocycles. The Morgan fingerprint density at radius 3 is 2.55 bits per heavy atom. The van der Waals surface area contributed by atoms with Gasteiger partial charge in [-0.05, 0) is 67.8 Å². The second-order valence-electron chi connectivity index (χ2n) is 6.76. The summed E-state index contributed by atoms with van der Waals surface area (Å²) in [4.78, 5) is 24.8. The van der Waals surface area contributed by atoms with Crippen LogP contribution in [0.25, 0.3) is 11.0 Å². The summed E-state index contributed by atoms with van der Waals surface area (Å²) in [5.74, 6) is 0.381. The second-order valence-corrected chi connectivity index (χ2v) is 6.76. The van der Waals surface area contributed by atoms with Crippen LogP contribution in [0.5, 0.6) is 17.2 Å². The minimum Gasteiger partial charge on any atom is -0.460 e. The van der Waals surface area contributed by atoms with Gasteiger partial charge in [-0.3, -0.25) is 4.79 Å². The Morgan fingerprint density at radius 1 is 0.966 bits per heavy atom. The summed E-state index contributed by atoms with van der Waals surface area (Å²) in [5.41, 5.74) is 3.04. The number of hydrogen-bond acceptors (Lipinski definition) is 6. The number of aryl methyl sites for hydroxylation is 2. The van der Waals surface area contributed by atoms with Gasteiger partial charge in [-0.1, -0.05) is 6.07 Å². The van der Waals surface area contributed by atoms with Crippen LogP contribution in [0.4, 0.5) is 0 Å². The molecule has 4 rings (SSSR count). The summed E-state index contributed by atoms with van der Waals surface area (Å²) in [5, 5.41) is 0.322. The molecular formula is C23H18O6. The van der Waals surface area contributed by atoms with Gasteiger partial charge >= 0.3 is 5.97 Å². The molecule has 0 saturated heterocycles. The molecule has 2 aromatic carbocycles. The molecule has 0 fully saturated rings. The molecule has 0 saturated carbocycles. The zero-order chi connectivity index (χ0) is 20.5. The third kappa shape index (κ3) is 3.65. The average Bonchev–Trinajstić information content (AvgIpc) is 3.23. The Morgan fingerprint density at radius 2 is 1.79 bits per heavy atom. The number of fused-ring (bicyclic) bond motifs is 1. The lowest BCUT2D eigenvalue weighted by Crippen LogP contribution is -2.08. The van der Waals surface area contributed by atoms with Crippen molar-refractivity contribution in [1.29, 1.82) is 0 Å². The van der Waals surface area contributed by atoms with E-state index in [2.05, 4.69) is 6.07 Å². The normalized spacial score (nSPS) is 10.9. The van der Waals surface area contributed by atoms with Crippen molar-refractivity contribution in [3.8, 4) is 17.2 Å². The van der Waals surface area contributed by atoms with Crippen molar-refractivity contribution in [1.82, 2.24) is 0 Å². The van der Waals surface area contributed by atoms with Crippen LogP contribution in [0.15, 0.2) is 68.6 Å². The van der Waals surface area contributed by atoms with Gasteiger partial charge in [0, 0.05) is 6.07 Å². The van der Waals surface area contributed by atoms with Crippen molar-refractivity contribution in [3.05, 3.63) is 87.7 Å². The molecule has 2 aromatic heterocycles. The lowest BCUT2D eigenvalue weighted by Gasteiger charge is -2.12. The molecule has 0 aliphatic heterocycles. The Bertz CT molecular complexity index is 1260. The van der Waals surface area contributed by atoms with Crippen LogP contribution in [0, 0.1) is 20.8 Å². The monoisotopic (exact) mass is 390 g/mol. The highest BCUT2D eigenvalue weighted by Gasteiger charge is 2.15. The molecule has 0 bridgehead atoms. The second kappa shape index (κ2) is 7.31. The number of ether oxygens (including phenoxy) is 2. The molecule has 6 heteroatoms. The summed E-state index contributed by atoms with van der Waals surface area (Å²) in [6, 6.07) is 11.6.